The van der Waals surface area contributed by atoms with E-state index < -0.39 is 11.8 Å². The maximum Gasteiger partial charge on any atom is 1.00 e. The van der Waals surface area contributed by atoms with Gasteiger partial charge in [-0.2, -0.15) is 0 Å². The van der Waals surface area contributed by atoms with E-state index in [9.17, 15) is 9.90 Å². The Kier molecular flexibility index (Phi) is 7.14. The molecule has 1 aliphatic heterocycles. The van der Waals surface area contributed by atoms with Crippen LogP contribution in [0, 0.1) is 0 Å². The van der Waals surface area contributed by atoms with Gasteiger partial charge in [-0.05, 0) is 30.2 Å². The Balaban J connectivity index is 0.00000200. The maximum absolute atomic E-state index is 10.7. The van der Waals surface area contributed by atoms with E-state index in [0.29, 0.717) is 6.61 Å². The standard InChI is InChI=1S/C14H18O5.K/c1-17-14(18-2,7-5-13(15)16)11-3-4-12-10(9-11)6-8-19-12;/h3-4,9H,5-8H2,1-2H3,(H,15,16);/q;+1/p-1. The predicted molar refractivity (Wildman–Crippen MR) is 65.6 cm³/mol. The zero-order chi connectivity index (χ0) is 13.9. The zero-order valence-electron chi connectivity index (χ0n) is 12.1. The van der Waals surface area contributed by atoms with Crippen molar-refractivity contribution in [2.24, 2.45) is 0 Å². The monoisotopic (exact) mass is 304 g/mol. The second-order valence-corrected chi connectivity index (χ2v) is 4.45. The molecule has 5 nitrogen and oxygen atoms in total. The van der Waals surface area contributed by atoms with Crippen molar-refractivity contribution in [2.75, 3.05) is 20.8 Å². The van der Waals surface area contributed by atoms with Crippen molar-refractivity contribution >= 4 is 5.97 Å². The summed E-state index contributed by atoms with van der Waals surface area (Å²) >= 11 is 0. The van der Waals surface area contributed by atoms with Crippen molar-refractivity contribution in [1.29, 1.82) is 0 Å². The molecule has 2 rings (SSSR count). The summed E-state index contributed by atoms with van der Waals surface area (Å²) in [6.07, 6.45) is 0.907. The van der Waals surface area contributed by atoms with Gasteiger partial charge in [-0.25, -0.2) is 0 Å². The van der Waals surface area contributed by atoms with E-state index in [1.54, 1.807) is 0 Å². The van der Waals surface area contributed by atoms with Crippen molar-refractivity contribution in [2.45, 2.75) is 25.0 Å². The van der Waals surface area contributed by atoms with Crippen LogP contribution in [0.1, 0.15) is 24.0 Å². The third-order valence-electron chi connectivity index (χ3n) is 3.45. The number of fused-ring (bicyclic) bond motifs is 1. The van der Waals surface area contributed by atoms with E-state index in [2.05, 4.69) is 0 Å². The van der Waals surface area contributed by atoms with Crippen LogP contribution < -0.4 is 61.2 Å². The molecule has 0 spiro atoms. The molecule has 0 radical (unpaired) electrons. The number of aliphatic carboxylic acids is 1. The molecule has 0 fully saturated rings. The first kappa shape index (κ1) is 18.1. The van der Waals surface area contributed by atoms with Crippen LogP contribution in [0.4, 0.5) is 0 Å². The number of ether oxygens (including phenoxy) is 3. The van der Waals surface area contributed by atoms with Gasteiger partial charge in [0.05, 0.1) is 6.61 Å². The van der Waals surface area contributed by atoms with Gasteiger partial charge in [0.2, 0.25) is 0 Å². The van der Waals surface area contributed by atoms with E-state index in [4.69, 9.17) is 14.2 Å². The van der Waals surface area contributed by atoms with Crippen LogP contribution in [0.25, 0.3) is 0 Å². The fourth-order valence-corrected chi connectivity index (χ4v) is 2.36. The molecule has 0 saturated carbocycles. The van der Waals surface area contributed by atoms with Crippen molar-refractivity contribution in [3.05, 3.63) is 29.3 Å². The molecule has 0 aliphatic carbocycles. The quantitative estimate of drug-likeness (QED) is 0.433. The van der Waals surface area contributed by atoms with Crippen molar-refractivity contribution < 1.29 is 75.5 Å². The van der Waals surface area contributed by atoms with Crippen molar-refractivity contribution in [3.63, 3.8) is 0 Å². The van der Waals surface area contributed by atoms with Gasteiger partial charge >= 0.3 is 51.4 Å². The number of rotatable bonds is 6. The van der Waals surface area contributed by atoms with Crippen LogP contribution in [-0.4, -0.2) is 26.8 Å². The van der Waals surface area contributed by atoms with Gasteiger partial charge in [-0.15, -0.1) is 0 Å². The minimum Gasteiger partial charge on any atom is -0.550 e. The molecule has 0 amide bonds. The molecule has 20 heavy (non-hydrogen) atoms. The summed E-state index contributed by atoms with van der Waals surface area (Å²) in [5.41, 5.74) is 1.88. The number of methoxy groups -OCH3 is 2. The molecule has 0 bridgehead atoms. The van der Waals surface area contributed by atoms with E-state index in [0.717, 1.165) is 23.3 Å². The van der Waals surface area contributed by atoms with Gasteiger partial charge in [0.15, 0.2) is 5.79 Å². The van der Waals surface area contributed by atoms with Gasteiger partial charge in [-0.3, -0.25) is 0 Å². The number of carbonyl (C=O) groups is 1. The number of benzene rings is 1. The van der Waals surface area contributed by atoms with E-state index in [1.807, 2.05) is 18.2 Å². The van der Waals surface area contributed by atoms with Crippen LogP contribution in [0.2, 0.25) is 0 Å². The largest absolute Gasteiger partial charge is 1.00 e. The number of hydrogen-bond donors (Lipinski definition) is 0. The Morgan fingerprint density at radius 1 is 1.40 bits per heavy atom. The fourth-order valence-electron chi connectivity index (χ4n) is 2.36. The summed E-state index contributed by atoms with van der Waals surface area (Å²) in [5.74, 6) is -1.31. The summed E-state index contributed by atoms with van der Waals surface area (Å²) < 4.78 is 16.3. The Hall–Kier alpha value is 0.0464. The molecule has 1 heterocycles. The summed E-state index contributed by atoms with van der Waals surface area (Å²) in [5, 5.41) is 10.7. The molecular formula is C14H17KO5. The van der Waals surface area contributed by atoms with Crippen LogP contribution in [-0.2, 0) is 26.5 Å². The minimum atomic E-state index is -1.12. The molecule has 0 N–H and O–H groups in total. The second kappa shape index (κ2) is 7.89. The fraction of sp³-hybridized carbons (Fsp3) is 0.500. The Morgan fingerprint density at radius 2 is 2.10 bits per heavy atom. The number of carbonyl (C=O) groups excluding carboxylic acids is 1. The summed E-state index contributed by atoms with van der Waals surface area (Å²) in [7, 11) is 3.00. The third kappa shape index (κ3) is 3.82. The van der Waals surface area contributed by atoms with Gasteiger partial charge in [0.1, 0.15) is 5.75 Å². The van der Waals surface area contributed by atoms with Crippen molar-refractivity contribution in [3.8, 4) is 5.75 Å². The molecule has 104 valence electrons. The maximum atomic E-state index is 10.7. The first-order valence-electron chi connectivity index (χ1n) is 6.17. The average Bonchev–Trinajstić information content (AvgIpc) is 2.88. The van der Waals surface area contributed by atoms with E-state index >= 15 is 0 Å². The smallest absolute Gasteiger partial charge is 0.550 e. The molecular weight excluding hydrogens is 287 g/mol. The molecule has 0 saturated heterocycles. The van der Waals surface area contributed by atoms with E-state index in [1.165, 1.54) is 14.2 Å². The minimum absolute atomic E-state index is 0. The Labute approximate surface area is 161 Å². The molecule has 1 aromatic carbocycles. The summed E-state index contributed by atoms with van der Waals surface area (Å²) in [6.45, 7) is 0.671. The SMILES string of the molecule is COC(CCC(=O)[O-])(OC)c1ccc2c(c1)CCO2.[K+]. The van der Waals surface area contributed by atoms with Gasteiger partial charge in [0, 0.05) is 38.6 Å². The molecule has 1 aliphatic rings. The van der Waals surface area contributed by atoms with Crippen LogP contribution in [0.5, 0.6) is 5.75 Å². The number of carboxylic acid groups (broad SMARTS) is 1. The molecule has 0 atom stereocenters. The normalized spacial score (nSPS) is 13.3. The molecule has 0 unspecified atom stereocenters. The van der Waals surface area contributed by atoms with Gasteiger partial charge < -0.3 is 24.1 Å². The number of carboxylic acids is 1. The Bertz CT molecular complexity index is 471. The summed E-state index contributed by atoms with van der Waals surface area (Å²) in [4.78, 5) is 10.7. The first-order chi connectivity index (χ1) is 9.11. The van der Waals surface area contributed by atoms with Crippen LogP contribution in [0.15, 0.2) is 18.2 Å². The molecule has 6 heteroatoms. The third-order valence-corrected chi connectivity index (χ3v) is 3.45. The Morgan fingerprint density at radius 3 is 2.70 bits per heavy atom. The molecule has 1 aromatic rings. The number of hydrogen-bond acceptors (Lipinski definition) is 5. The molecule has 0 aromatic heterocycles. The van der Waals surface area contributed by atoms with Crippen molar-refractivity contribution in [1.82, 2.24) is 0 Å². The van der Waals surface area contributed by atoms with E-state index in [-0.39, 0.29) is 64.2 Å². The van der Waals surface area contributed by atoms with Crippen LogP contribution >= 0.6 is 0 Å². The second-order valence-electron chi connectivity index (χ2n) is 4.45. The summed E-state index contributed by atoms with van der Waals surface area (Å²) in [6, 6.07) is 5.65. The average molecular weight is 304 g/mol. The van der Waals surface area contributed by atoms with Crippen LogP contribution in [0.3, 0.4) is 0 Å². The topological polar surface area (TPSA) is 67.8 Å². The first-order valence-corrected chi connectivity index (χ1v) is 6.17. The predicted octanol–water partition coefficient (Wildman–Crippen LogP) is -2.40. The zero-order valence-corrected chi connectivity index (χ0v) is 15.2. The van der Waals surface area contributed by atoms with Gasteiger partial charge in [-0.1, -0.05) is 0 Å². The van der Waals surface area contributed by atoms with Gasteiger partial charge in [0.25, 0.3) is 0 Å².